The number of ketones is 1. The fourth-order valence-electron chi connectivity index (χ4n) is 1.89. The molecule has 94 valence electrons. The molecule has 0 atom stereocenters. The van der Waals surface area contributed by atoms with Crippen LogP contribution >= 0.6 is 0 Å². The average Bonchev–Trinajstić information content (AvgIpc) is 2.84. The van der Waals surface area contributed by atoms with E-state index in [1.165, 1.54) is 24.5 Å². The van der Waals surface area contributed by atoms with Gasteiger partial charge in [-0.15, -0.1) is 0 Å². The molecular weight excluding hydrogens is 247 g/mol. The van der Waals surface area contributed by atoms with Crippen molar-refractivity contribution < 1.29 is 13.6 Å². The third-order valence-electron chi connectivity index (χ3n) is 2.82. The molecule has 2 aromatic heterocycles. The number of para-hydroxylation sites is 1. The van der Waals surface area contributed by atoms with Crippen molar-refractivity contribution in [2.75, 3.05) is 0 Å². The van der Waals surface area contributed by atoms with Crippen molar-refractivity contribution in [1.82, 2.24) is 9.97 Å². The van der Waals surface area contributed by atoms with Crippen molar-refractivity contribution in [2.45, 2.75) is 6.92 Å². The largest absolute Gasteiger partial charge is 0.449 e. The summed E-state index contributed by atoms with van der Waals surface area (Å²) in [4.78, 5) is 20.2. The monoisotopic (exact) mass is 256 g/mol. The van der Waals surface area contributed by atoms with Gasteiger partial charge in [-0.2, -0.15) is 0 Å². The molecule has 2 heterocycles. The molecule has 0 aliphatic carbocycles. The Bertz CT molecular complexity index is 780. The molecule has 0 saturated carbocycles. The first-order valence-electron chi connectivity index (χ1n) is 5.67. The standard InChI is InChI=1S/C14H9FN2O2/c1-8-12(17-6-5-16-8)13(18)11-7-9-3-2-4-10(15)14(9)19-11/h2-7H,1H3. The second kappa shape index (κ2) is 4.28. The molecule has 0 saturated heterocycles. The first-order chi connectivity index (χ1) is 9.16. The summed E-state index contributed by atoms with van der Waals surface area (Å²) in [5.41, 5.74) is 0.794. The maximum absolute atomic E-state index is 13.5. The number of fused-ring (bicyclic) bond motifs is 1. The second-order valence-corrected chi connectivity index (χ2v) is 4.09. The molecule has 0 unspecified atom stereocenters. The fraction of sp³-hybridized carbons (Fsp3) is 0.0714. The smallest absolute Gasteiger partial charge is 0.248 e. The fourth-order valence-corrected chi connectivity index (χ4v) is 1.89. The minimum atomic E-state index is -0.493. The van der Waals surface area contributed by atoms with Gasteiger partial charge in [-0.1, -0.05) is 12.1 Å². The van der Waals surface area contributed by atoms with Gasteiger partial charge >= 0.3 is 0 Å². The Morgan fingerprint density at radius 3 is 2.79 bits per heavy atom. The Kier molecular flexibility index (Phi) is 2.59. The minimum absolute atomic E-state index is 0.0590. The predicted octanol–water partition coefficient (Wildman–Crippen LogP) is 2.90. The Balaban J connectivity index is 2.12. The molecule has 0 amide bonds. The predicted molar refractivity (Wildman–Crippen MR) is 66.4 cm³/mol. The summed E-state index contributed by atoms with van der Waals surface area (Å²) < 4.78 is 18.8. The van der Waals surface area contributed by atoms with Crippen molar-refractivity contribution in [3.05, 3.63) is 59.6 Å². The quantitative estimate of drug-likeness (QED) is 0.661. The molecule has 0 aliphatic heterocycles. The van der Waals surface area contributed by atoms with E-state index in [1.54, 1.807) is 19.1 Å². The Labute approximate surface area is 107 Å². The van der Waals surface area contributed by atoms with E-state index < -0.39 is 11.6 Å². The third-order valence-corrected chi connectivity index (χ3v) is 2.82. The minimum Gasteiger partial charge on any atom is -0.449 e. The average molecular weight is 256 g/mol. The third kappa shape index (κ3) is 1.89. The normalized spacial score (nSPS) is 10.8. The van der Waals surface area contributed by atoms with Gasteiger partial charge in [-0.3, -0.25) is 9.78 Å². The highest BCUT2D eigenvalue weighted by Gasteiger charge is 2.19. The number of halogens is 1. The van der Waals surface area contributed by atoms with Crippen LogP contribution in [0.3, 0.4) is 0 Å². The lowest BCUT2D eigenvalue weighted by Crippen LogP contribution is -2.06. The molecule has 19 heavy (non-hydrogen) atoms. The van der Waals surface area contributed by atoms with E-state index >= 15 is 0 Å². The van der Waals surface area contributed by atoms with Crippen LogP contribution in [0, 0.1) is 12.7 Å². The van der Waals surface area contributed by atoms with Gasteiger partial charge < -0.3 is 4.42 Å². The number of hydrogen-bond donors (Lipinski definition) is 0. The van der Waals surface area contributed by atoms with Crippen molar-refractivity contribution in [2.24, 2.45) is 0 Å². The highest BCUT2D eigenvalue weighted by atomic mass is 19.1. The Hall–Kier alpha value is -2.56. The molecule has 0 N–H and O–H groups in total. The maximum Gasteiger partial charge on any atom is 0.248 e. The number of benzene rings is 1. The van der Waals surface area contributed by atoms with Gasteiger partial charge in [0.15, 0.2) is 17.2 Å². The van der Waals surface area contributed by atoms with Crippen LogP contribution in [0.5, 0.6) is 0 Å². The summed E-state index contributed by atoms with van der Waals surface area (Å²) >= 11 is 0. The van der Waals surface area contributed by atoms with Crippen LogP contribution < -0.4 is 0 Å². The Morgan fingerprint density at radius 2 is 2.05 bits per heavy atom. The number of aromatic nitrogens is 2. The van der Waals surface area contributed by atoms with Gasteiger partial charge in [-0.05, 0) is 19.1 Å². The topological polar surface area (TPSA) is 56.0 Å². The van der Waals surface area contributed by atoms with Gasteiger partial charge in [0.25, 0.3) is 0 Å². The first-order valence-corrected chi connectivity index (χ1v) is 5.67. The van der Waals surface area contributed by atoms with Gasteiger partial charge in [0.05, 0.1) is 5.69 Å². The van der Waals surface area contributed by atoms with E-state index in [0.29, 0.717) is 11.1 Å². The summed E-state index contributed by atoms with van der Waals surface area (Å²) in [6.45, 7) is 1.68. The van der Waals surface area contributed by atoms with Gasteiger partial charge in [0.2, 0.25) is 5.78 Å². The van der Waals surface area contributed by atoms with E-state index in [9.17, 15) is 9.18 Å². The van der Waals surface area contributed by atoms with Crippen LogP contribution in [0.2, 0.25) is 0 Å². The summed E-state index contributed by atoms with van der Waals surface area (Å²) in [7, 11) is 0. The molecule has 3 aromatic rings. The van der Waals surface area contributed by atoms with Crippen LogP contribution in [-0.4, -0.2) is 15.8 Å². The first kappa shape index (κ1) is 11.5. The molecule has 0 radical (unpaired) electrons. The van der Waals surface area contributed by atoms with Crippen molar-refractivity contribution in [3.63, 3.8) is 0 Å². The molecular formula is C14H9FN2O2. The number of carbonyl (C=O) groups excluding carboxylic acids is 1. The zero-order chi connectivity index (χ0) is 13.4. The molecule has 1 aromatic carbocycles. The number of hydrogen-bond acceptors (Lipinski definition) is 4. The molecule has 0 bridgehead atoms. The number of nitrogens with zero attached hydrogens (tertiary/aromatic N) is 2. The highest BCUT2D eigenvalue weighted by molar-refractivity contribution is 6.08. The number of carbonyl (C=O) groups is 1. The molecule has 0 fully saturated rings. The van der Waals surface area contributed by atoms with Crippen LogP contribution in [-0.2, 0) is 0 Å². The van der Waals surface area contributed by atoms with E-state index in [0.717, 1.165) is 0 Å². The molecule has 0 spiro atoms. The van der Waals surface area contributed by atoms with Gasteiger partial charge in [0, 0.05) is 17.8 Å². The lowest BCUT2D eigenvalue weighted by molar-refractivity contribution is 0.100. The van der Waals surface area contributed by atoms with Gasteiger partial charge in [0.1, 0.15) is 5.69 Å². The SMILES string of the molecule is Cc1nccnc1C(=O)c1cc2cccc(F)c2o1. The van der Waals surface area contributed by atoms with Crippen molar-refractivity contribution >= 4 is 16.8 Å². The lowest BCUT2D eigenvalue weighted by Gasteiger charge is -1.99. The zero-order valence-corrected chi connectivity index (χ0v) is 10.1. The van der Waals surface area contributed by atoms with Crippen molar-refractivity contribution in [1.29, 1.82) is 0 Å². The molecule has 4 nitrogen and oxygen atoms in total. The lowest BCUT2D eigenvalue weighted by atomic mass is 10.1. The second-order valence-electron chi connectivity index (χ2n) is 4.09. The van der Waals surface area contributed by atoms with Crippen molar-refractivity contribution in [3.8, 4) is 0 Å². The zero-order valence-electron chi connectivity index (χ0n) is 10.1. The van der Waals surface area contributed by atoms with Crippen LogP contribution in [0.15, 0.2) is 41.1 Å². The van der Waals surface area contributed by atoms with E-state index in [-0.39, 0.29) is 17.0 Å². The number of furan rings is 1. The summed E-state index contributed by atoms with van der Waals surface area (Å²) in [6, 6.07) is 6.04. The highest BCUT2D eigenvalue weighted by Crippen LogP contribution is 2.23. The van der Waals surface area contributed by atoms with E-state index in [4.69, 9.17) is 4.42 Å². The summed E-state index contributed by atoms with van der Waals surface area (Å²) in [5, 5.41) is 0.546. The molecule has 3 rings (SSSR count). The maximum atomic E-state index is 13.5. The van der Waals surface area contributed by atoms with Gasteiger partial charge in [-0.25, -0.2) is 9.37 Å². The number of aryl methyl sites for hydroxylation is 1. The Morgan fingerprint density at radius 1 is 1.26 bits per heavy atom. The molecule has 5 heteroatoms. The van der Waals surface area contributed by atoms with E-state index in [2.05, 4.69) is 9.97 Å². The van der Waals surface area contributed by atoms with Crippen LogP contribution in [0.4, 0.5) is 4.39 Å². The van der Waals surface area contributed by atoms with E-state index in [1.807, 2.05) is 0 Å². The number of rotatable bonds is 2. The summed E-state index contributed by atoms with van der Waals surface area (Å²) in [6.07, 6.45) is 2.94. The van der Waals surface area contributed by atoms with Crippen LogP contribution in [0.25, 0.3) is 11.0 Å². The molecule has 0 aliphatic rings. The van der Waals surface area contributed by atoms with Crippen LogP contribution in [0.1, 0.15) is 21.9 Å². The summed E-state index contributed by atoms with van der Waals surface area (Å²) in [5.74, 6) is -0.836.